The Hall–Kier alpha value is -1.13. The SMILES string of the molecule is CCCNc1nc(-c2ccc(Br)cc2Cl)nc(C)c1CC. The molecule has 0 spiro atoms. The maximum Gasteiger partial charge on any atom is 0.163 e. The second-order valence-electron chi connectivity index (χ2n) is 4.86. The van der Waals surface area contributed by atoms with Gasteiger partial charge in [-0.05, 0) is 38.0 Å². The average Bonchev–Trinajstić information content (AvgIpc) is 2.44. The van der Waals surface area contributed by atoms with E-state index in [2.05, 4.69) is 45.1 Å². The number of aromatic nitrogens is 2. The third-order valence-electron chi connectivity index (χ3n) is 3.28. The Labute approximate surface area is 139 Å². The molecule has 1 aromatic carbocycles. The van der Waals surface area contributed by atoms with Gasteiger partial charge in [0.05, 0.1) is 5.02 Å². The summed E-state index contributed by atoms with van der Waals surface area (Å²) in [5.74, 6) is 1.58. The lowest BCUT2D eigenvalue weighted by molar-refractivity contribution is 0.938. The molecular weight excluding hydrogens is 350 g/mol. The van der Waals surface area contributed by atoms with Gasteiger partial charge in [0.1, 0.15) is 5.82 Å². The first-order valence-corrected chi connectivity index (χ1v) is 8.30. The van der Waals surface area contributed by atoms with Gasteiger partial charge in [-0.3, -0.25) is 0 Å². The van der Waals surface area contributed by atoms with Crippen molar-refractivity contribution in [1.82, 2.24) is 9.97 Å². The summed E-state index contributed by atoms with van der Waals surface area (Å²) in [6.45, 7) is 7.18. The molecule has 0 saturated carbocycles. The summed E-state index contributed by atoms with van der Waals surface area (Å²) < 4.78 is 0.947. The van der Waals surface area contributed by atoms with E-state index >= 15 is 0 Å². The summed E-state index contributed by atoms with van der Waals surface area (Å²) in [4.78, 5) is 9.30. The van der Waals surface area contributed by atoms with Crippen molar-refractivity contribution in [3.63, 3.8) is 0 Å². The van der Waals surface area contributed by atoms with E-state index in [1.54, 1.807) is 0 Å². The van der Waals surface area contributed by atoms with Crippen molar-refractivity contribution < 1.29 is 0 Å². The van der Waals surface area contributed by atoms with Gasteiger partial charge in [-0.25, -0.2) is 9.97 Å². The van der Waals surface area contributed by atoms with Gasteiger partial charge in [0.25, 0.3) is 0 Å². The Balaban J connectivity index is 2.51. The van der Waals surface area contributed by atoms with E-state index < -0.39 is 0 Å². The van der Waals surface area contributed by atoms with Crippen LogP contribution in [-0.2, 0) is 6.42 Å². The monoisotopic (exact) mass is 367 g/mol. The van der Waals surface area contributed by atoms with E-state index in [-0.39, 0.29) is 0 Å². The molecule has 1 heterocycles. The second kappa shape index (κ2) is 7.23. The van der Waals surface area contributed by atoms with Crippen LogP contribution in [0.1, 0.15) is 31.5 Å². The van der Waals surface area contributed by atoms with E-state index in [0.29, 0.717) is 10.8 Å². The lowest BCUT2D eigenvalue weighted by Crippen LogP contribution is -2.09. The van der Waals surface area contributed by atoms with Gasteiger partial charge in [-0.15, -0.1) is 0 Å². The van der Waals surface area contributed by atoms with Crippen LogP contribution in [0.25, 0.3) is 11.4 Å². The molecule has 0 saturated heterocycles. The molecule has 1 N–H and O–H groups in total. The van der Waals surface area contributed by atoms with Crippen LogP contribution in [0.15, 0.2) is 22.7 Å². The zero-order valence-electron chi connectivity index (χ0n) is 12.5. The Bertz CT molecular complexity index is 644. The highest BCUT2D eigenvalue weighted by molar-refractivity contribution is 9.10. The molecule has 3 nitrogen and oxygen atoms in total. The first kappa shape index (κ1) is 16.2. The molecule has 1 aromatic heterocycles. The zero-order valence-corrected chi connectivity index (χ0v) is 14.8. The van der Waals surface area contributed by atoms with Crippen LogP contribution in [0, 0.1) is 6.92 Å². The summed E-state index contributed by atoms with van der Waals surface area (Å²) in [5, 5.41) is 4.04. The topological polar surface area (TPSA) is 37.8 Å². The molecule has 0 bridgehead atoms. The number of halogens is 2. The number of nitrogens with one attached hydrogen (secondary N) is 1. The molecule has 0 radical (unpaired) electrons. The van der Waals surface area contributed by atoms with Gasteiger partial charge >= 0.3 is 0 Å². The van der Waals surface area contributed by atoms with Crippen LogP contribution >= 0.6 is 27.5 Å². The summed E-state index contributed by atoms with van der Waals surface area (Å²) in [6.07, 6.45) is 1.97. The van der Waals surface area contributed by atoms with Gasteiger partial charge < -0.3 is 5.32 Å². The molecule has 0 aliphatic heterocycles. The number of hydrogen-bond donors (Lipinski definition) is 1. The lowest BCUT2D eigenvalue weighted by Gasteiger charge is -2.14. The van der Waals surface area contributed by atoms with E-state index in [0.717, 1.165) is 40.9 Å². The Morgan fingerprint density at radius 2 is 2.00 bits per heavy atom. The van der Waals surface area contributed by atoms with E-state index in [1.165, 1.54) is 5.56 Å². The van der Waals surface area contributed by atoms with Crippen molar-refractivity contribution in [2.75, 3.05) is 11.9 Å². The van der Waals surface area contributed by atoms with Crippen molar-refractivity contribution in [3.05, 3.63) is 39.0 Å². The van der Waals surface area contributed by atoms with Crippen LogP contribution in [0.3, 0.4) is 0 Å². The molecular formula is C16H19BrClN3. The molecule has 0 aliphatic rings. The largest absolute Gasteiger partial charge is 0.370 e. The maximum absolute atomic E-state index is 6.32. The Morgan fingerprint density at radius 3 is 2.62 bits per heavy atom. The lowest BCUT2D eigenvalue weighted by atomic mass is 10.1. The number of benzene rings is 1. The van der Waals surface area contributed by atoms with Gasteiger partial charge in [-0.2, -0.15) is 0 Å². The minimum Gasteiger partial charge on any atom is -0.370 e. The molecule has 0 amide bonds. The van der Waals surface area contributed by atoms with Gasteiger partial charge in [0.15, 0.2) is 5.82 Å². The van der Waals surface area contributed by atoms with Gasteiger partial charge in [0, 0.05) is 27.8 Å². The normalized spacial score (nSPS) is 10.7. The van der Waals surface area contributed by atoms with Crippen molar-refractivity contribution in [2.24, 2.45) is 0 Å². The summed E-state index contributed by atoms with van der Waals surface area (Å²) >= 11 is 9.73. The van der Waals surface area contributed by atoms with E-state index in [1.807, 2.05) is 25.1 Å². The molecule has 5 heteroatoms. The third kappa shape index (κ3) is 3.74. The highest BCUT2D eigenvalue weighted by atomic mass is 79.9. The fourth-order valence-electron chi connectivity index (χ4n) is 2.20. The van der Waals surface area contributed by atoms with Crippen LogP contribution in [0.5, 0.6) is 0 Å². The summed E-state index contributed by atoms with van der Waals surface area (Å²) in [7, 11) is 0. The minimum absolute atomic E-state index is 0.648. The highest BCUT2D eigenvalue weighted by Gasteiger charge is 2.13. The van der Waals surface area contributed by atoms with Crippen LogP contribution in [-0.4, -0.2) is 16.5 Å². The first-order valence-electron chi connectivity index (χ1n) is 7.13. The fourth-order valence-corrected chi connectivity index (χ4v) is 2.96. The smallest absolute Gasteiger partial charge is 0.163 e. The van der Waals surface area contributed by atoms with Crippen molar-refractivity contribution in [2.45, 2.75) is 33.6 Å². The average molecular weight is 369 g/mol. The maximum atomic E-state index is 6.32. The molecule has 2 aromatic rings. The Morgan fingerprint density at radius 1 is 1.24 bits per heavy atom. The number of anilines is 1. The molecule has 0 aliphatic carbocycles. The van der Waals surface area contributed by atoms with Gasteiger partial charge in [0.2, 0.25) is 0 Å². The van der Waals surface area contributed by atoms with Crippen LogP contribution in [0.2, 0.25) is 5.02 Å². The van der Waals surface area contributed by atoms with Crippen molar-refractivity contribution in [1.29, 1.82) is 0 Å². The number of aryl methyl sites for hydroxylation is 1. The predicted octanol–water partition coefficient (Wildman–Crippen LogP) is 5.25. The summed E-state index contributed by atoms with van der Waals surface area (Å²) in [6, 6.07) is 5.76. The second-order valence-corrected chi connectivity index (χ2v) is 6.19. The summed E-state index contributed by atoms with van der Waals surface area (Å²) in [5.41, 5.74) is 3.02. The molecule has 0 atom stereocenters. The quantitative estimate of drug-likeness (QED) is 0.783. The standard InChI is InChI=1S/C16H19BrClN3/c1-4-8-19-15-12(5-2)10(3)20-16(21-15)13-7-6-11(17)9-14(13)18/h6-7,9H,4-5,8H2,1-3H3,(H,19,20,21). The zero-order chi connectivity index (χ0) is 15.4. The first-order chi connectivity index (χ1) is 10.1. The van der Waals surface area contributed by atoms with Gasteiger partial charge in [-0.1, -0.05) is 41.4 Å². The molecule has 2 rings (SSSR count). The number of hydrogen-bond acceptors (Lipinski definition) is 3. The van der Waals surface area contributed by atoms with E-state index in [4.69, 9.17) is 11.6 Å². The fraction of sp³-hybridized carbons (Fsp3) is 0.375. The molecule has 112 valence electrons. The van der Waals surface area contributed by atoms with Crippen molar-refractivity contribution in [3.8, 4) is 11.4 Å². The predicted molar refractivity (Wildman–Crippen MR) is 93.1 cm³/mol. The highest BCUT2D eigenvalue weighted by Crippen LogP contribution is 2.30. The molecule has 0 fully saturated rings. The molecule has 0 unspecified atom stereocenters. The van der Waals surface area contributed by atoms with Crippen LogP contribution < -0.4 is 5.32 Å². The Kier molecular flexibility index (Phi) is 5.59. The number of nitrogens with zero attached hydrogens (tertiary/aromatic N) is 2. The minimum atomic E-state index is 0.648. The third-order valence-corrected chi connectivity index (χ3v) is 4.09. The molecule has 21 heavy (non-hydrogen) atoms. The van der Waals surface area contributed by atoms with E-state index in [9.17, 15) is 0 Å². The number of rotatable bonds is 5. The van der Waals surface area contributed by atoms with Crippen LogP contribution in [0.4, 0.5) is 5.82 Å². The van der Waals surface area contributed by atoms with Crippen molar-refractivity contribution >= 4 is 33.3 Å².